The first-order chi connectivity index (χ1) is 16.8. The van der Waals surface area contributed by atoms with Crippen LogP contribution in [0.25, 0.3) is 12.2 Å². The average molecular weight is 493 g/mol. The second-order valence-corrected chi connectivity index (χ2v) is 10.4. The van der Waals surface area contributed by atoms with Gasteiger partial charge in [0.1, 0.15) is 0 Å². The van der Waals surface area contributed by atoms with Crippen LogP contribution in [0.5, 0.6) is 0 Å². The number of ether oxygens (including phenoxy) is 1. The molecule has 35 heavy (non-hydrogen) atoms. The van der Waals surface area contributed by atoms with Gasteiger partial charge in [0.05, 0.1) is 29.4 Å². The summed E-state index contributed by atoms with van der Waals surface area (Å²) in [6.07, 6.45) is 5.54. The van der Waals surface area contributed by atoms with Gasteiger partial charge in [0, 0.05) is 44.8 Å². The fraction of sp³-hybridized carbons (Fsp3) is 0.231. The van der Waals surface area contributed by atoms with Crippen LogP contribution in [0, 0.1) is 0 Å². The summed E-state index contributed by atoms with van der Waals surface area (Å²) in [5.41, 5.74) is 3.30. The van der Waals surface area contributed by atoms with Crippen LogP contribution in [0.1, 0.15) is 21.6 Å². The Kier molecular flexibility index (Phi) is 7.60. The summed E-state index contributed by atoms with van der Waals surface area (Å²) in [6, 6.07) is 17.8. The van der Waals surface area contributed by atoms with E-state index in [4.69, 9.17) is 4.74 Å². The molecule has 0 unspecified atom stereocenters. The molecule has 1 aliphatic rings. The highest BCUT2D eigenvalue weighted by molar-refractivity contribution is 7.89. The number of anilines is 2. The van der Waals surface area contributed by atoms with Gasteiger partial charge in [0.25, 0.3) is 5.91 Å². The predicted molar refractivity (Wildman–Crippen MR) is 138 cm³/mol. The maximum absolute atomic E-state index is 13.4. The molecule has 182 valence electrons. The molecule has 0 spiro atoms. The summed E-state index contributed by atoms with van der Waals surface area (Å²) >= 11 is 0. The molecule has 8 nitrogen and oxygen atoms in total. The number of amides is 1. The lowest BCUT2D eigenvalue weighted by atomic mass is 10.1. The summed E-state index contributed by atoms with van der Waals surface area (Å²) in [7, 11) is -0.764. The summed E-state index contributed by atoms with van der Waals surface area (Å²) < 4.78 is 32.0. The number of nitrogens with zero attached hydrogens (tertiary/aromatic N) is 3. The van der Waals surface area contributed by atoms with E-state index in [0.29, 0.717) is 43.2 Å². The van der Waals surface area contributed by atoms with Crippen molar-refractivity contribution >= 4 is 39.5 Å². The van der Waals surface area contributed by atoms with Gasteiger partial charge in [-0.25, -0.2) is 12.7 Å². The quantitative estimate of drug-likeness (QED) is 0.542. The fourth-order valence-corrected chi connectivity index (χ4v) is 4.65. The number of hydrogen-bond acceptors (Lipinski definition) is 6. The molecule has 1 saturated heterocycles. The molecule has 1 aliphatic heterocycles. The van der Waals surface area contributed by atoms with Crippen molar-refractivity contribution in [3.05, 3.63) is 83.7 Å². The Morgan fingerprint density at radius 2 is 1.83 bits per heavy atom. The molecule has 2 heterocycles. The second kappa shape index (κ2) is 10.8. The molecule has 1 aromatic heterocycles. The average Bonchev–Trinajstić information content (AvgIpc) is 2.88. The number of hydrogen-bond donors (Lipinski definition) is 1. The number of aromatic nitrogens is 1. The van der Waals surface area contributed by atoms with Gasteiger partial charge in [-0.3, -0.25) is 9.78 Å². The Hall–Kier alpha value is -3.53. The summed E-state index contributed by atoms with van der Waals surface area (Å²) in [6.45, 7) is 2.33. The Morgan fingerprint density at radius 1 is 1.03 bits per heavy atom. The number of pyridine rings is 1. The Morgan fingerprint density at radius 3 is 2.54 bits per heavy atom. The van der Waals surface area contributed by atoms with E-state index in [2.05, 4.69) is 10.3 Å². The Balaban J connectivity index is 1.63. The van der Waals surface area contributed by atoms with Gasteiger partial charge in [-0.2, -0.15) is 0 Å². The van der Waals surface area contributed by atoms with Crippen LogP contribution in [-0.2, 0) is 14.8 Å². The van der Waals surface area contributed by atoms with Crippen LogP contribution in [-0.4, -0.2) is 64.0 Å². The second-order valence-electron chi connectivity index (χ2n) is 8.23. The minimum atomic E-state index is -3.70. The van der Waals surface area contributed by atoms with Crippen molar-refractivity contribution in [2.45, 2.75) is 4.90 Å². The van der Waals surface area contributed by atoms with Crippen LogP contribution in [0.15, 0.2) is 71.8 Å². The minimum absolute atomic E-state index is 0.0664. The van der Waals surface area contributed by atoms with Crippen LogP contribution >= 0.6 is 0 Å². The molecule has 4 rings (SSSR count). The SMILES string of the molecule is CN(C)S(=O)(=O)c1ccc(N2CCOCC2)c(C(=O)Nc2cccc(C=Cc3ccccn3)c2)c1. The zero-order valence-electron chi connectivity index (χ0n) is 19.7. The van der Waals surface area contributed by atoms with Gasteiger partial charge in [-0.05, 0) is 54.1 Å². The third-order valence-electron chi connectivity index (χ3n) is 5.62. The lowest BCUT2D eigenvalue weighted by Crippen LogP contribution is -2.37. The first kappa shape index (κ1) is 24.6. The molecule has 0 saturated carbocycles. The van der Waals surface area contributed by atoms with E-state index in [1.54, 1.807) is 24.4 Å². The van der Waals surface area contributed by atoms with Crippen molar-refractivity contribution < 1.29 is 17.9 Å². The molecule has 0 radical (unpaired) electrons. The molecule has 0 bridgehead atoms. The summed E-state index contributed by atoms with van der Waals surface area (Å²) in [5.74, 6) is -0.381. The fourth-order valence-electron chi connectivity index (χ4n) is 3.72. The molecule has 2 aromatic carbocycles. The third kappa shape index (κ3) is 5.94. The summed E-state index contributed by atoms with van der Waals surface area (Å²) in [5, 5.41) is 2.93. The van der Waals surface area contributed by atoms with E-state index in [1.807, 2.05) is 53.5 Å². The molecule has 1 fully saturated rings. The first-order valence-electron chi connectivity index (χ1n) is 11.2. The van der Waals surface area contributed by atoms with Gasteiger partial charge < -0.3 is 15.0 Å². The van der Waals surface area contributed by atoms with Gasteiger partial charge in [0.15, 0.2) is 0 Å². The molecule has 0 atom stereocenters. The number of morpholine rings is 1. The van der Waals surface area contributed by atoms with E-state index in [-0.39, 0.29) is 10.8 Å². The van der Waals surface area contributed by atoms with Gasteiger partial charge >= 0.3 is 0 Å². The number of rotatable bonds is 7. The van der Waals surface area contributed by atoms with Gasteiger partial charge in [-0.15, -0.1) is 0 Å². The van der Waals surface area contributed by atoms with E-state index in [0.717, 1.165) is 15.6 Å². The molecule has 0 aliphatic carbocycles. The van der Waals surface area contributed by atoms with Crippen LogP contribution in [0.2, 0.25) is 0 Å². The van der Waals surface area contributed by atoms with E-state index >= 15 is 0 Å². The monoisotopic (exact) mass is 492 g/mol. The van der Waals surface area contributed by atoms with Crippen molar-refractivity contribution in [3.63, 3.8) is 0 Å². The van der Waals surface area contributed by atoms with Gasteiger partial charge in [0.2, 0.25) is 10.0 Å². The Labute approximate surface area is 205 Å². The van der Waals surface area contributed by atoms with Crippen LogP contribution < -0.4 is 10.2 Å². The van der Waals surface area contributed by atoms with Crippen molar-refractivity contribution in [3.8, 4) is 0 Å². The highest BCUT2D eigenvalue weighted by atomic mass is 32.2. The molecule has 3 aromatic rings. The molecular formula is C26H28N4O4S. The van der Waals surface area contributed by atoms with Crippen molar-refractivity contribution in [2.24, 2.45) is 0 Å². The first-order valence-corrected chi connectivity index (χ1v) is 12.7. The highest BCUT2D eigenvalue weighted by Crippen LogP contribution is 2.27. The Bertz CT molecular complexity index is 1320. The van der Waals surface area contributed by atoms with E-state index in [1.165, 1.54) is 20.2 Å². The number of carbonyl (C=O) groups is 1. The van der Waals surface area contributed by atoms with Gasteiger partial charge in [-0.1, -0.05) is 24.3 Å². The lowest BCUT2D eigenvalue weighted by molar-refractivity contribution is 0.102. The van der Waals surface area contributed by atoms with Crippen molar-refractivity contribution in [1.29, 1.82) is 0 Å². The smallest absolute Gasteiger partial charge is 0.257 e. The summed E-state index contributed by atoms with van der Waals surface area (Å²) in [4.78, 5) is 19.8. The number of sulfonamides is 1. The maximum Gasteiger partial charge on any atom is 0.257 e. The standard InChI is InChI=1S/C26H28N4O4S/c1-29(2)35(32,33)23-11-12-25(30-14-16-34-17-15-30)24(19-23)26(31)28-22-8-5-6-20(18-22)9-10-21-7-3-4-13-27-21/h3-13,18-19H,14-17H2,1-2H3,(H,28,31). The normalized spacial score (nSPS) is 14.4. The largest absolute Gasteiger partial charge is 0.378 e. The zero-order valence-corrected chi connectivity index (χ0v) is 20.5. The zero-order chi connectivity index (χ0) is 24.8. The van der Waals surface area contributed by atoms with Crippen LogP contribution in [0.3, 0.4) is 0 Å². The molecular weight excluding hydrogens is 464 g/mol. The van der Waals surface area contributed by atoms with Crippen molar-refractivity contribution in [1.82, 2.24) is 9.29 Å². The van der Waals surface area contributed by atoms with Crippen molar-refractivity contribution in [2.75, 3.05) is 50.6 Å². The molecule has 1 amide bonds. The van der Waals surface area contributed by atoms with E-state index < -0.39 is 10.0 Å². The molecule has 1 N–H and O–H groups in total. The van der Waals surface area contributed by atoms with Crippen LogP contribution in [0.4, 0.5) is 11.4 Å². The number of carbonyl (C=O) groups excluding carboxylic acids is 1. The highest BCUT2D eigenvalue weighted by Gasteiger charge is 2.24. The lowest BCUT2D eigenvalue weighted by Gasteiger charge is -2.30. The number of benzene rings is 2. The topological polar surface area (TPSA) is 91.8 Å². The van der Waals surface area contributed by atoms with E-state index in [9.17, 15) is 13.2 Å². The number of nitrogens with one attached hydrogen (secondary N) is 1. The third-order valence-corrected chi connectivity index (χ3v) is 7.43. The maximum atomic E-state index is 13.4. The minimum Gasteiger partial charge on any atom is -0.378 e. The predicted octanol–water partition coefficient (Wildman–Crippen LogP) is 3.59. The molecule has 9 heteroatoms.